The minimum absolute atomic E-state index is 0.0898. The van der Waals surface area contributed by atoms with Crippen molar-refractivity contribution in [1.29, 1.82) is 0 Å². The fraction of sp³-hybridized carbons (Fsp3) is 0.462. The Labute approximate surface area is 135 Å². The molecule has 1 rings (SSSR count). The van der Waals surface area contributed by atoms with Gasteiger partial charge in [-0.25, -0.2) is 0 Å². The fourth-order valence-corrected chi connectivity index (χ4v) is 1.64. The summed E-state index contributed by atoms with van der Waals surface area (Å²) in [5.41, 5.74) is 0. The highest BCUT2D eigenvalue weighted by Gasteiger charge is 2.27. The monoisotopic (exact) mass is 359 g/mol. The maximum absolute atomic E-state index is 11.8. The Kier molecular flexibility index (Phi) is 7.78. The maximum atomic E-state index is 11.8. The average molecular weight is 360 g/mol. The number of hydrogen-bond donors (Lipinski definition) is 1. The molecular formula is C13H14Cl2F3NO3. The molecular weight excluding hydrogens is 346 g/mol. The van der Waals surface area contributed by atoms with Crippen molar-refractivity contribution in [2.45, 2.75) is 12.6 Å². The van der Waals surface area contributed by atoms with Crippen molar-refractivity contribution in [1.82, 2.24) is 5.32 Å². The first-order chi connectivity index (χ1) is 10.3. The van der Waals surface area contributed by atoms with Gasteiger partial charge in [0.05, 0.1) is 10.0 Å². The number of alkyl halides is 3. The topological polar surface area (TPSA) is 47.6 Å². The second-order valence-electron chi connectivity index (χ2n) is 4.24. The maximum Gasteiger partial charge on any atom is 0.411 e. The van der Waals surface area contributed by atoms with Gasteiger partial charge in [-0.1, -0.05) is 23.2 Å². The molecule has 0 aliphatic carbocycles. The lowest BCUT2D eigenvalue weighted by molar-refractivity contribution is -0.174. The lowest BCUT2D eigenvalue weighted by atomic mass is 10.3. The molecule has 0 spiro atoms. The third-order valence-corrected chi connectivity index (χ3v) is 3.05. The molecule has 0 saturated heterocycles. The van der Waals surface area contributed by atoms with Crippen molar-refractivity contribution in [3.63, 3.8) is 0 Å². The summed E-state index contributed by atoms with van der Waals surface area (Å²) in [6.07, 6.45) is -4.06. The molecule has 4 nitrogen and oxygen atoms in total. The summed E-state index contributed by atoms with van der Waals surface area (Å²) in [5, 5.41) is 3.17. The van der Waals surface area contributed by atoms with Gasteiger partial charge in [-0.3, -0.25) is 4.79 Å². The number of carbonyl (C=O) groups excluding carboxylic acids is 1. The number of carbonyl (C=O) groups is 1. The van der Waals surface area contributed by atoms with E-state index in [1.54, 1.807) is 6.07 Å². The van der Waals surface area contributed by atoms with E-state index in [2.05, 4.69) is 10.1 Å². The van der Waals surface area contributed by atoms with Crippen LogP contribution in [-0.2, 0) is 9.53 Å². The van der Waals surface area contributed by atoms with Crippen LogP contribution in [0.4, 0.5) is 13.2 Å². The average Bonchev–Trinajstić information content (AvgIpc) is 2.43. The second kappa shape index (κ2) is 9.07. The highest BCUT2D eigenvalue weighted by molar-refractivity contribution is 6.42. The van der Waals surface area contributed by atoms with Gasteiger partial charge in [0, 0.05) is 19.2 Å². The van der Waals surface area contributed by atoms with Crippen LogP contribution in [-0.4, -0.2) is 38.4 Å². The van der Waals surface area contributed by atoms with Crippen molar-refractivity contribution < 1.29 is 27.4 Å². The summed E-state index contributed by atoms with van der Waals surface area (Å²) in [6.45, 7) is -1.42. The zero-order valence-electron chi connectivity index (χ0n) is 11.4. The molecule has 1 N–H and O–H groups in total. The zero-order valence-corrected chi connectivity index (χ0v) is 12.9. The summed E-state index contributed by atoms with van der Waals surface area (Å²) >= 11 is 11.5. The van der Waals surface area contributed by atoms with Gasteiger partial charge >= 0.3 is 6.18 Å². The van der Waals surface area contributed by atoms with Gasteiger partial charge < -0.3 is 14.8 Å². The molecule has 22 heavy (non-hydrogen) atoms. The van der Waals surface area contributed by atoms with Gasteiger partial charge in [0.15, 0.2) is 6.61 Å². The number of halogens is 5. The molecule has 9 heteroatoms. The van der Waals surface area contributed by atoms with Gasteiger partial charge in [0.25, 0.3) is 5.91 Å². The summed E-state index contributed by atoms with van der Waals surface area (Å²) in [6, 6.07) is 4.57. The molecule has 0 atom stereocenters. The van der Waals surface area contributed by atoms with Crippen molar-refractivity contribution in [2.75, 3.05) is 26.4 Å². The zero-order chi connectivity index (χ0) is 16.6. The van der Waals surface area contributed by atoms with Crippen LogP contribution in [0.1, 0.15) is 6.42 Å². The van der Waals surface area contributed by atoms with Gasteiger partial charge in [-0.05, 0) is 18.6 Å². The van der Waals surface area contributed by atoms with Crippen LogP contribution >= 0.6 is 23.2 Å². The first-order valence-electron chi connectivity index (χ1n) is 6.27. The standard InChI is InChI=1S/C13H14Cl2F3NO3/c14-10-3-2-9(6-11(10)15)22-7-12(20)19-4-1-5-21-8-13(16,17)18/h2-3,6H,1,4-5,7-8H2,(H,19,20). The third-order valence-electron chi connectivity index (χ3n) is 2.31. The van der Waals surface area contributed by atoms with E-state index in [-0.39, 0.29) is 26.2 Å². The first kappa shape index (κ1) is 18.9. The quantitative estimate of drug-likeness (QED) is 0.723. The highest BCUT2D eigenvalue weighted by atomic mass is 35.5. The van der Waals surface area contributed by atoms with Crippen LogP contribution in [0.2, 0.25) is 10.0 Å². The summed E-state index contributed by atoms with van der Waals surface area (Å²) < 4.78 is 44.9. The molecule has 1 aromatic rings. The van der Waals surface area contributed by atoms with E-state index >= 15 is 0 Å². The minimum atomic E-state index is -4.34. The van der Waals surface area contributed by atoms with Gasteiger partial charge in [0.2, 0.25) is 0 Å². The number of nitrogens with one attached hydrogen (secondary N) is 1. The molecule has 0 aliphatic rings. The van der Waals surface area contributed by atoms with Crippen molar-refractivity contribution in [2.24, 2.45) is 0 Å². The molecule has 0 aliphatic heterocycles. The molecule has 1 amide bonds. The van der Waals surface area contributed by atoms with Gasteiger partial charge in [-0.2, -0.15) is 13.2 Å². The summed E-state index contributed by atoms with van der Waals surface area (Å²) in [5.74, 6) is -0.0139. The number of rotatable bonds is 8. The van der Waals surface area contributed by atoms with Crippen LogP contribution in [0.25, 0.3) is 0 Å². The predicted molar refractivity (Wildman–Crippen MR) is 76.5 cm³/mol. The molecule has 124 valence electrons. The number of amides is 1. The molecule has 0 unspecified atom stereocenters. The Bertz CT molecular complexity index is 498. The lowest BCUT2D eigenvalue weighted by Gasteiger charge is -2.09. The minimum Gasteiger partial charge on any atom is -0.484 e. The van der Waals surface area contributed by atoms with Crippen molar-refractivity contribution in [3.05, 3.63) is 28.2 Å². The largest absolute Gasteiger partial charge is 0.484 e. The third kappa shape index (κ3) is 8.31. The Hall–Kier alpha value is -1.18. The SMILES string of the molecule is O=C(COc1ccc(Cl)c(Cl)c1)NCCCOCC(F)(F)F. The fourth-order valence-electron chi connectivity index (χ4n) is 1.36. The number of ether oxygens (including phenoxy) is 2. The van der Waals surface area contributed by atoms with E-state index < -0.39 is 18.7 Å². The van der Waals surface area contributed by atoms with E-state index in [0.29, 0.717) is 15.8 Å². The molecule has 0 radical (unpaired) electrons. The van der Waals surface area contributed by atoms with Crippen LogP contribution in [0.5, 0.6) is 5.75 Å². The molecule has 1 aromatic carbocycles. The normalized spacial score (nSPS) is 11.3. The second-order valence-corrected chi connectivity index (χ2v) is 5.05. The van der Waals surface area contributed by atoms with Crippen molar-refractivity contribution in [3.8, 4) is 5.75 Å². The van der Waals surface area contributed by atoms with Gasteiger partial charge in [0.1, 0.15) is 12.4 Å². The Morgan fingerprint density at radius 1 is 1.23 bits per heavy atom. The van der Waals surface area contributed by atoms with Crippen LogP contribution in [0.3, 0.4) is 0 Å². The van der Waals surface area contributed by atoms with E-state index in [0.717, 1.165) is 0 Å². The predicted octanol–water partition coefficient (Wildman–Crippen LogP) is 3.46. The molecule has 0 fully saturated rings. The molecule has 0 bridgehead atoms. The smallest absolute Gasteiger partial charge is 0.411 e. The van der Waals surface area contributed by atoms with E-state index in [9.17, 15) is 18.0 Å². The Morgan fingerprint density at radius 2 is 1.95 bits per heavy atom. The van der Waals surface area contributed by atoms with Crippen LogP contribution in [0, 0.1) is 0 Å². The lowest BCUT2D eigenvalue weighted by Crippen LogP contribution is -2.30. The molecule has 0 heterocycles. The number of benzene rings is 1. The summed E-state index contributed by atoms with van der Waals surface area (Å²) in [4.78, 5) is 11.4. The van der Waals surface area contributed by atoms with Crippen molar-refractivity contribution >= 4 is 29.1 Å². The van der Waals surface area contributed by atoms with Crippen LogP contribution in [0.15, 0.2) is 18.2 Å². The Balaban J connectivity index is 2.12. The number of hydrogen-bond acceptors (Lipinski definition) is 3. The highest BCUT2D eigenvalue weighted by Crippen LogP contribution is 2.26. The molecule has 0 aromatic heterocycles. The molecule has 0 saturated carbocycles. The van der Waals surface area contributed by atoms with E-state index in [4.69, 9.17) is 27.9 Å². The van der Waals surface area contributed by atoms with E-state index in [1.165, 1.54) is 12.1 Å². The Morgan fingerprint density at radius 3 is 2.59 bits per heavy atom. The van der Waals surface area contributed by atoms with E-state index in [1.807, 2.05) is 0 Å². The summed E-state index contributed by atoms with van der Waals surface area (Å²) in [7, 11) is 0. The van der Waals surface area contributed by atoms with Crippen LogP contribution < -0.4 is 10.1 Å². The van der Waals surface area contributed by atoms with Gasteiger partial charge in [-0.15, -0.1) is 0 Å². The first-order valence-corrected chi connectivity index (χ1v) is 7.02.